The minimum absolute atomic E-state index is 0.407. The van der Waals surface area contributed by atoms with Crippen molar-refractivity contribution in [2.45, 2.75) is 19.8 Å². The van der Waals surface area contributed by atoms with Gasteiger partial charge in [0.15, 0.2) is 0 Å². The van der Waals surface area contributed by atoms with Crippen LogP contribution in [0.15, 0.2) is 30.3 Å². The van der Waals surface area contributed by atoms with E-state index in [1.54, 1.807) is 0 Å². The van der Waals surface area contributed by atoms with Crippen molar-refractivity contribution in [2.24, 2.45) is 0 Å². The number of hydrogen-bond donors (Lipinski definition) is 0. The van der Waals surface area contributed by atoms with Gasteiger partial charge in [-0.15, -0.1) is 0 Å². The summed E-state index contributed by atoms with van der Waals surface area (Å²) >= 11 is 0. The van der Waals surface area contributed by atoms with E-state index in [0.717, 1.165) is 11.7 Å². The van der Waals surface area contributed by atoms with Crippen molar-refractivity contribution in [3.8, 4) is 5.75 Å². The molecule has 0 spiro atoms. The van der Waals surface area contributed by atoms with Gasteiger partial charge in [-0.1, -0.05) is 31.5 Å². The molecular weight excluding hydrogens is 192 g/mol. The van der Waals surface area contributed by atoms with E-state index < -0.39 is 0 Å². The number of benzene rings is 1. The Labute approximate surface area is 89.8 Å². The minimum Gasteiger partial charge on any atom is -0.449 e. The Kier molecular flexibility index (Phi) is 5.53. The molecule has 2 heteroatoms. The normalized spacial score (nSPS) is 12.4. The van der Waals surface area contributed by atoms with Crippen LogP contribution in [0, 0.1) is 0 Å². The quantitative estimate of drug-likeness (QED) is 0.657. The van der Waals surface area contributed by atoms with Crippen LogP contribution in [0.4, 0.5) is 0 Å². The van der Waals surface area contributed by atoms with Crippen molar-refractivity contribution in [1.29, 1.82) is 0 Å². The zero-order valence-electron chi connectivity index (χ0n) is 9.03. The summed E-state index contributed by atoms with van der Waals surface area (Å²) in [6.45, 7) is 2.23. The number of ether oxygens (including phenoxy) is 1. The second-order valence-corrected chi connectivity index (χ2v) is 5.62. The summed E-state index contributed by atoms with van der Waals surface area (Å²) in [5.74, 6) is 3.15. The smallest absolute Gasteiger partial charge is 0.246 e. The Bertz CT molecular complexity index is 235. The van der Waals surface area contributed by atoms with Crippen molar-refractivity contribution in [1.82, 2.24) is 0 Å². The standard InChI is InChI=1S/C12H19OS/c1-3-4-10-14(2)11-13-12-8-6-5-7-9-12/h5-9H,3-4,10-11H2,1-2H3/q+1. The van der Waals surface area contributed by atoms with Gasteiger partial charge in [0.1, 0.15) is 17.8 Å². The molecule has 0 fully saturated rings. The van der Waals surface area contributed by atoms with Crippen LogP contribution in [-0.4, -0.2) is 17.9 Å². The summed E-state index contributed by atoms with van der Waals surface area (Å²) < 4.78 is 5.68. The Hall–Kier alpha value is -0.630. The molecule has 1 nitrogen and oxygen atoms in total. The van der Waals surface area contributed by atoms with Crippen LogP contribution in [0.5, 0.6) is 5.75 Å². The summed E-state index contributed by atoms with van der Waals surface area (Å²) in [5, 5.41) is 0. The van der Waals surface area contributed by atoms with E-state index in [4.69, 9.17) is 4.74 Å². The van der Waals surface area contributed by atoms with Gasteiger partial charge in [0.05, 0.1) is 0 Å². The second-order valence-electron chi connectivity index (χ2n) is 3.41. The summed E-state index contributed by atoms with van der Waals surface area (Å²) in [4.78, 5) is 0. The number of para-hydroxylation sites is 1. The van der Waals surface area contributed by atoms with Gasteiger partial charge < -0.3 is 4.74 Å². The highest BCUT2D eigenvalue weighted by Gasteiger charge is 2.10. The van der Waals surface area contributed by atoms with Crippen molar-refractivity contribution < 1.29 is 4.74 Å². The maximum absolute atomic E-state index is 5.68. The van der Waals surface area contributed by atoms with Crippen molar-refractivity contribution in [3.05, 3.63) is 30.3 Å². The molecule has 0 aliphatic heterocycles. The summed E-state index contributed by atoms with van der Waals surface area (Å²) in [5.41, 5.74) is 0. The van der Waals surface area contributed by atoms with E-state index in [9.17, 15) is 0 Å². The van der Waals surface area contributed by atoms with Gasteiger partial charge in [-0.3, -0.25) is 0 Å². The highest BCUT2D eigenvalue weighted by atomic mass is 32.2. The van der Waals surface area contributed by atoms with Gasteiger partial charge in [-0.25, -0.2) is 0 Å². The Morgan fingerprint density at radius 1 is 1.21 bits per heavy atom. The lowest BCUT2D eigenvalue weighted by atomic mass is 10.3. The topological polar surface area (TPSA) is 9.23 Å². The highest BCUT2D eigenvalue weighted by molar-refractivity contribution is 7.96. The lowest BCUT2D eigenvalue weighted by Gasteiger charge is -2.05. The zero-order valence-corrected chi connectivity index (χ0v) is 9.85. The second kappa shape index (κ2) is 6.77. The molecule has 1 aromatic rings. The molecule has 14 heavy (non-hydrogen) atoms. The van der Waals surface area contributed by atoms with Crippen LogP contribution in [0.25, 0.3) is 0 Å². The predicted octanol–water partition coefficient (Wildman–Crippen LogP) is 3.07. The Balaban J connectivity index is 2.20. The molecule has 0 heterocycles. The molecule has 0 aromatic heterocycles. The molecule has 0 saturated carbocycles. The van der Waals surface area contributed by atoms with E-state index in [2.05, 4.69) is 13.2 Å². The first kappa shape index (κ1) is 11.4. The van der Waals surface area contributed by atoms with Gasteiger partial charge in [0.25, 0.3) is 0 Å². The first-order valence-corrected chi connectivity index (χ1v) is 7.07. The average Bonchev–Trinajstić information content (AvgIpc) is 2.25. The minimum atomic E-state index is 0.407. The van der Waals surface area contributed by atoms with Crippen LogP contribution in [-0.2, 0) is 10.9 Å². The van der Waals surface area contributed by atoms with Gasteiger partial charge in [-0.05, 0) is 18.6 Å². The van der Waals surface area contributed by atoms with E-state index in [0.29, 0.717) is 10.9 Å². The van der Waals surface area contributed by atoms with Crippen molar-refractivity contribution >= 4 is 10.9 Å². The molecule has 0 aliphatic rings. The number of unbranched alkanes of at least 4 members (excludes halogenated alkanes) is 1. The Morgan fingerprint density at radius 3 is 2.57 bits per heavy atom. The van der Waals surface area contributed by atoms with Crippen molar-refractivity contribution in [2.75, 3.05) is 17.9 Å². The maximum Gasteiger partial charge on any atom is 0.246 e. The summed E-state index contributed by atoms with van der Waals surface area (Å²) in [6, 6.07) is 10.0. The molecule has 0 saturated heterocycles. The number of hydrogen-bond acceptors (Lipinski definition) is 1. The average molecular weight is 211 g/mol. The molecule has 1 atom stereocenters. The first-order valence-electron chi connectivity index (χ1n) is 5.10. The van der Waals surface area contributed by atoms with Crippen LogP contribution in [0.2, 0.25) is 0 Å². The fourth-order valence-corrected chi connectivity index (χ4v) is 2.37. The molecule has 1 rings (SSSR count). The summed E-state index contributed by atoms with van der Waals surface area (Å²) in [6.07, 6.45) is 4.87. The van der Waals surface area contributed by atoms with E-state index >= 15 is 0 Å². The zero-order chi connectivity index (χ0) is 10.2. The lowest BCUT2D eigenvalue weighted by molar-refractivity contribution is 0.390. The SMILES string of the molecule is CCCC[S+](C)COc1ccccc1. The molecule has 0 amide bonds. The molecule has 0 bridgehead atoms. The van der Waals surface area contributed by atoms with Crippen LogP contribution < -0.4 is 4.74 Å². The van der Waals surface area contributed by atoms with Gasteiger partial charge in [0, 0.05) is 10.9 Å². The third-order valence-electron chi connectivity index (χ3n) is 2.02. The van der Waals surface area contributed by atoms with Crippen LogP contribution >= 0.6 is 0 Å². The fraction of sp³-hybridized carbons (Fsp3) is 0.500. The Morgan fingerprint density at radius 2 is 1.93 bits per heavy atom. The molecule has 1 aromatic carbocycles. The van der Waals surface area contributed by atoms with E-state index in [-0.39, 0.29) is 0 Å². The van der Waals surface area contributed by atoms with E-state index in [1.165, 1.54) is 18.6 Å². The van der Waals surface area contributed by atoms with Gasteiger partial charge >= 0.3 is 0 Å². The third kappa shape index (κ3) is 4.56. The molecule has 78 valence electrons. The van der Waals surface area contributed by atoms with Crippen molar-refractivity contribution in [3.63, 3.8) is 0 Å². The fourth-order valence-electron chi connectivity index (χ4n) is 1.14. The van der Waals surface area contributed by atoms with Crippen LogP contribution in [0.1, 0.15) is 19.8 Å². The predicted molar refractivity (Wildman–Crippen MR) is 65.0 cm³/mol. The molecule has 0 radical (unpaired) electrons. The summed E-state index contributed by atoms with van der Waals surface area (Å²) in [7, 11) is 0.407. The largest absolute Gasteiger partial charge is 0.449 e. The van der Waals surface area contributed by atoms with E-state index in [1.807, 2.05) is 30.3 Å². The monoisotopic (exact) mass is 211 g/mol. The van der Waals surface area contributed by atoms with Gasteiger partial charge in [-0.2, -0.15) is 0 Å². The maximum atomic E-state index is 5.68. The lowest BCUT2D eigenvalue weighted by Crippen LogP contribution is -2.14. The first-order chi connectivity index (χ1) is 6.83. The molecule has 1 unspecified atom stereocenters. The molecular formula is C12H19OS+. The number of rotatable bonds is 6. The third-order valence-corrected chi connectivity index (χ3v) is 3.52. The highest BCUT2D eigenvalue weighted by Crippen LogP contribution is 2.09. The van der Waals surface area contributed by atoms with Gasteiger partial charge in [0.2, 0.25) is 5.94 Å². The van der Waals surface area contributed by atoms with Crippen LogP contribution in [0.3, 0.4) is 0 Å². The molecule has 0 N–H and O–H groups in total. The molecule has 0 aliphatic carbocycles.